The minimum absolute atomic E-state index is 0.0503. The van der Waals surface area contributed by atoms with Crippen LogP contribution < -0.4 is 15.1 Å². The molecule has 10 heteroatoms. The third-order valence-electron chi connectivity index (χ3n) is 6.14. The average molecular weight is 475 g/mol. The van der Waals surface area contributed by atoms with E-state index in [1.54, 1.807) is 13.0 Å². The standard InChI is InChI=1S/C23H27FN4O4S/c1-15-12-16(24)7-9-18(15)25-22(29)14-28-21-13-17(33(31,32)26(2)3)8-10-19(21)27-11-5-4-6-20(27)23(28)30/h7-10,12-13,20H,4-6,11,14H2,1-3H3,(H,25,29)/t20-/m1/s1. The maximum atomic E-state index is 13.4. The number of rotatable bonds is 5. The number of nitrogens with zero attached hydrogens (tertiary/aromatic N) is 3. The predicted molar refractivity (Wildman–Crippen MR) is 124 cm³/mol. The number of halogens is 1. The molecule has 1 saturated heterocycles. The number of hydrogen-bond acceptors (Lipinski definition) is 5. The van der Waals surface area contributed by atoms with Crippen molar-refractivity contribution in [1.82, 2.24) is 4.31 Å². The van der Waals surface area contributed by atoms with Crippen molar-refractivity contribution in [2.24, 2.45) is 0 Å². The molecule has 4 rings (SSSR count). The fourth-order valence-corrected chi connectivity index (χ4v) is 5.29. The predicted octanol–water partition coefficient (Wildman–Crippen LogP) is 2.73. The van der Waals surface area contributed by atoms with Crippen LogP contribution in [0.3, 0.4) is 0 Å². The van der Waals surface area contributed by atoms with Gasteiger partial charge in [-0.2, -0.15) is 0 Å². The Morgan fingerprint density at radius 2 is 1.91 bits per heavy atom. The van der Waals surface area contributed by atoms with Crippen LogP contribution in [0.4, 0.5) is 21.5 Å². The van der Waals surface area contributed by atoms with E-state index in [0.29, 0.717) is 29.9 Å². The topological polar surface area (TPSA) is 90.0 Å². The Hall–Kier alpha value is -2.98. The molecule has 8 nitrogen and oxygen atoms in total. The molecule has 2 aliphatic heterocycles. The molecule has 0 bridgehead atoms. The van der Waals surface area contributed by atoms with E-state index >= 15 is 0 Å². The van der Waals surface area contributed by atoms with Crippen LogP contribution in [0.15, 0.2) is 41.3 Å². The van der Waals surface area contributed by atoms with E-state index in [1.807, 2.05) is 4.90 Å². The number of carbonyl (C=O) groups is 2. The number of fused-ring (bicyclic) bond motifs is 3. The number of nitrogens with one attached hydrogen (secondary N) is 1. The van der Waals surface area contributed by atoms with Crippen molar-refractivity contribution in [1.29, 1.82) is 0 Å². The molecule has 0 unspecified atom stereocenters. The number of carbonyl (C=O) groups excluding carboxylic acids is 2. The molecule has 33 heavy (non-hydrogen) atoms. The normalized spacial score (nSPS) is 18.2. The molecule has 1 fully saturated rings. The largest absolute Gasteiger partial charge is 0.358 e. The van der Waals surface area contributed by atoms with E-state index in [-0.39, 0.29) is 23.4 Å². The van der Waals surface area contributed by atoms with Gasteiger partial charge < -0.3 is 10.2 Å². The zero-order chi connectivity index (χ0) is 23.9. The van der Waals surface area contributed by atoms with Crippen LogP contribution >= 0.6 is 0 Å². The molecule has 0 spiro atoms. The SMILES string of the molecule is Cc1cc(F)ccc1NC(=O)CN1C(=O)[C@H]2CCCCN2c2ccc(S(=O)(=O)N(C)C)cc21. The summed E-state index contributed by atoms with van der Waals surface area (Å²) in [5.41, 5.74) is 2.15. The van der Waals surface area contributed by atoms with Gasteiger partial charge in [0.15, 0.2) is 0 Å². The monoisotopic (exact) mass is 474 g/mol. The number of sulfonamides is 1. The van der Waals surface area contributed by atoms with E-state index in [9.17, 15) is 22.4 Å². The van der Waals surface area contributed by atoms with Gasteiger partial charge in [0.2, 0.25) is 21.8 Å². The van der Waals surface area contributed by atoms with Gasteiger partial charge in [0, 0.05) is 26.3 Å². The molecule has 176 valence electrons. The minimum atomic E-state index is -3.73. The molecular formula is C23H27FN4O4S. The van der Waals surface area contributed by atoms with E-state index in [0.717, 1.165) is 22.8 Å². The van der Waals surface area contributed by atoms with E-state index < -0.39 is 21.7 Å². The second kappa shape index (κ2) is 8.75. The Kier molecular flexibility index (Phi) is 6.15. The molecule has 2 aromatic rings. The number of aryl methyl sites for hydroxylation is 1. The van der Waals surface area contributed by atoms with E-state index in [1.165, 1.54) is 49.3 Å². The quantitative estimate of drug-likeness (QED) is 0.720. The van der Waals surface area contributed by atoms with Crippen LogP contribution in [0.2, 0.25) is 0 Å². The number of piperidine rings is 1. The average Bonchev–Trinajstić information content (AvgIpc) is 2.78. The van der Waals surface area contributed by atoms with Gasteiger partial charge in [-0.25, -0.2) is 17.1 Å². The van der Waals surface area contributed by atoms with Crippen LogP contribution in [0.5, 0.6) is 0 Å². The van der Waals surface area contributed by atoms with E-state index in [2.05, 4.69) is 5.32 Å². The lowest BCUT2D eigenvalue weighted by Gasteiger charge is -2.45. The summed E-state index contributed by atoms with van der Waals surface area (Å²) in [6, 6.07) is 8.37. The van der Waals surface area contributed by atoms with Crippen molar-refractivity contribution in [3.63, 3.8) is 0 Å². The van der Waals surface area contributed by atoms with Crippen molar-refractivity contribution >= 4 is 38.9 Å². The first-order valence-electron chi connectivity index (χ1n) is 10.8. The van der Waals surface area contributed by atoms with E-state index in [4.69, 9.17) is 0 Å². The van der Waals surface area contributed by atoms with Crippen LogP contribution in [0, 0.1) is 12.7 Å². The molecule has 1 atom stereocenters. The van der Waals surface area contributed by atoms with Crippen molar-refractivity contribution in [2.75, 3.05) is 42.3 Å². The maximum absolute atomic E-state index is 13.4. The summed E-state index contributed by atoms with van der Waals surface area (Å²) >= 11 is 0. The molecular weight excluding hydrogens is 447 g/mol. The van der Waals surface area contributed by atoms with Crippen LogP contribution in [0.25, 0.3) is 0 Å². The first kappa shape index (κ1) is 23.2. The highest BCUT2D eigenvalue weighted by molar-refractivity contribution is 7.89. The lowest BCUT2D eigenvalue weighted by atomic mass is 9.96. The number of benzene rings is 2. The second-order valence-electron chi connectivity index (χ2n) is 8.57. The summed E-state index contributed by atoms with van der Waals surface area (Å²) in [4.78, 5) is 29.7. The van der Waals surface area contributed by atoms with Crippen molar-refractivity contribution in [3.05, 3.63) is 47.8 Å². The van der Waals surface area contributed by atoms with Crippen molar-refractivity contribution in [2.45, 2.75) is 37.1 Å². The summed E-state index contributed by atoms with van der Waals surface area (Å²) < 4.78 is 39.9. The smallest absolute Gasteiger partial charge is 0.250 e. The Labute approximate surface area is 193 Å². The Bertz CT molecular complexity index is 1210. The molecule has 0 radical (unpaired) electrons. The van der Waals surface area contributed by atoms with Gasteiger partial charge in [0.25, 0.3) is 0 Å². The molecule has 0 aliphatic carbocycles. The fraction of sp³-hybridized carbons (Fsp3) is 0.391. The Balaban J connectivity index is 1.70. The van der Waals surface area contributed by atoms with Gasteiger partial charge in [0.05, 0.1) is 16.3 Å². The molecule has 0 aromatic heterocycles. The zero-order valence-corrected chi connectivity index (χ0v) is 19.7. The highest BCUT2D eigenvalue weighted by Gasteiger charge is 2.40. The number of anilines is 3. The highest BCUT2D eigenvalue weighted by atomic mass is 32.2. The van der Waals surface area contributed by atoms with Crippen molar-refractivity contribution in [3.8, 4) is 0 Å². The molecule has 2 aromatic carbocycles. The fourth-order valence-electron chi connectivity index (χ4n) is 4.37. The number of amides is 2. The summed E-state index contributed by atoms with van der Waals surface area (Å²) in [5, 5.41) is 2.73. The molecule has 0 saturated carbocycles. The van der Waals surface area contributed by atoms with Gasteiger partial charge >= 0.3 is 0 Å². The Morgan fingerprint density at radius 3 is 2.61 bits per heavy atom. The van der Waals surface area contributed by atoms with Crippen LogP contribution in [0.1, 0.15) is 24.8 Å². The lowest BCUT2D eigenvalue weighted by molar-refractivity contribution is -0.123. The van der Waals surface area contributed by atoms with Crippen LogP contribution in [-0.4, -0.2) is 57.8 Å². The summed E-state index contributed by atoms with van der Waals surface area (Å²) in [5.74, 6) is -1.08. The summed E-state index contributed by atoms with van der Waals surface area (Å²) in [7, 11) is -0.844. The summed E-state index contributed by atoms with van der Waals surface area (Å²) in [6.07, 6.45) is 2.51. The maximum Gasteiger partial charge on any atom is 0.250 e. The first-order chi connectivity index (χ1) is 15.6. The molecule has 1 N–H and O–H groups in total. The summed E-state index contributed by atoms with van der Waals surface area (Å²) in [6.45, 7) is 2.09. The van der Waals surface area contributed by atoms with Gasteiger partial charge in [-0.1, -0.05) is 0 Å². The third-order valence-corrected chi connectivity index (χ3v) is 7.95. The van der Waals surface area contributed by atoms with Crippen molar-refractivity contribution < 1.29 is 22.4 Å². The zero-order valence-electron chi connectivity index (χ0n) is 18.8. The Morgan fingerprint density at radius 1 is 1.15 bits per heavy atom. The van der Waals surface area contributed by atoms with Crippen LogP contribution in [-0.2, 0) is 19.6 Å². The van der Waals surface area contributed by atoms with Gasteiger partial charge in [-0.05, 0) is 68.1 Å². The minimum Gasteiger partial charge on any atom is -0.358 e. The first-order valence-corrected chi connectivity index (χ1v) is 12.2. The number of hydrogen-bond donors (Lipinski definition) is 1. The highest BCUT2D eigenvalue weighted by Crippen LogP contribution is 2.40. The van der Waals surface area contributed by atoms with Gasteiger partial charge in [-0.3, -0.25) is 14.5 Å². The lowest BCUT2D eigenvalue weighted by Crippen LogP contribution is -2.56. The molecule has 2 heterocycles. The van der Waals surface area contributed by atoms with Gasteiger partial charge in [0.1, 0.15) is 18.4 Å². The molecule has 2 aliphatic rings. The second-order valence-corrected chi connectivity index (χ2v) is 10.7. The van der Waals surface area contributed by atoms with Gasteiger partial charge in [-0.15, -0.1) is 0 Å². The third kappa shape index (κ3) is 4.32. The molecule has 2 amide bonds.